The number of nitrogens with one attached hydrogen (secondary N) is 1. The van der Waals surface area contributed by atoms with Gasteiger partial charge in [-0.1, -0.05) is 13.8 Å². The maximum atomic E-state index is 11.0. The van der Waals surface area contributed by atoms with Gasteiger partial charge in [0.05, 0.1) is 4.92 Å². The Balaban J connectivity index is 2.77. The van der Waals surface area contributed by atoms with Crippen LogP contribution in [-0.4, -0.2) is 27.5 Å². The second-order valence-electron chi connectivity index (χ2n) is 4.61. The Bertz CT molecular complexity index is 474. The topological polar surface area (TPSA) is 105 Å². The smallest absolute Gasteiger partial charge is 0.339 e. The number of aromatic carboxylic acids is 1. The molecule has 0 atom stereocenters. The van der Waals surface area contributed by atoms with Crippen molar-refractivity contribution in [1.82, 2.24) is 4.98 Å². The molecule has 104 valence electrons. The van der Waals surface area contributed by atoms with Gasteiger partial charge in [0, 0.05) is 12.6 Å². The van der Waals surface area contributed by atoms with Crippen LogP contribution in [0.1, 0.15) is 37.0 Å². The number of carboxylic acid groups (broad SMARTS) is 1. The van der Waals surface area contributed by atoms with Gasteiger partial charge in [-0.25, -0.2) is 9.78 Å². The van der Waals surface area contributed by atoms with Crippen molar-refractivity contribution in [3.8, 4) is 0 Å². The largest absolute Gasteiger partial charge is 0.478 e. The fourth-order valence-electron chi connectivity index (χ4n) is 1.57. The molecule has 0 unspecified atom stereocenters. The van der Waals surface area contributed by atoms with Crippen molar-refractivity contribution in [1.29, 1.82) is 0 Å². The van der Waals surface area contributed by atoms with Gasteiger partial charge in [0.2, 0.25) is 0 Å². The van der Waals surface area contributed by atoms with Crippen LogP contribution >= 0.6 is 0 Å². The first-order chi connectivity index (χ1) is 8.91. The summed E-state index contributed by atoms with van der Waals surface area (Å²) in [6, 6.07) is 1.01. The predicted molar refractivity (Wildman–Crippen MR) is 70.4 cm³/mol. The fourth-order valence-corrected chi connectivity index (χ4v) is 1.57. The lowest BCUT2D eigenvalue weighted by Gasteiger charge is -2.09. The molecule has 2 N–H and O–H groups in total. The van der Waals surface area contributed by atoms with E-state index < -0.39 is 10.9 Å². The van der Waals surface area contributed by atoms with Crippen molar-refractivity contribution >= 4 is 17.5 Å². The van der Waals surface area contributed by atoms with E-state index in [9.17, 15) is 14.9 Å². The van der Waals surface area contributed by atoms with Crippen molar-refractivity contribution < 1.29 is 14.8 Å². The Labute approximate surface area is 110 Å². The van der Waals surface area contributed by atoms with E-state index in [0.29, 0.717) is 12.5 Å². The Morgan fingerprint density at radius 1 is 1.58 bits per heavy atom. The summed E-state index contributed by atoms with van der Waals surface area (Å²) >= 11 is 0. The van der Waals surface area contributed by atoms with Gasteiger partial charge in [0.25, 0.3) is 5.69 Å². The minimum Gasteiger partial charge on any atom is -0.478 e. The zero-order valence-corrected chi connectivity index (χ0v) is 10.9. The molecule has 0 saturated carbocycles. The number of anilines is 1. The zero-order valence-electron chi connectivity index (χ0n) is 10.9. The van der Waals surface area contributed by atoms with Crippen LogP contribution in [0.25, 0.3) is 0 Å². The molecule has 0 fully saturated rings. The summed E-state index contributed by atoms with van der Waals surface area (Å²) in [5.74, 6) is -0.491. The molecule has 1 rings (SSSR count). The average molecular weight is 267 g/mol. The summed E-state index contributed by atoms with van der Waals surface area (Å²) < 4.78 is 0. The van der Waals surface area contributed by atoms with Crippen LogP contribution < -0.4 is 5.32 Å². The van der Waals surface area contributed by atoms with Crippen molar-refractivity contribution in [2.45, 2.75) is 26.7 Å². The van der Waals surface area contributed by atoms with Crippen LogP contribution in [0.15, 0.2) is 12.3 Å². The number of hydrogen-bond acceptors (Lipinski definition) is 5. The zero-order chi connectivity index (χ0) is 14.4. The van der Waals surface area contributed by atoms with E-state index in [1.54, 1.807) is 0 Å². The van der Waals surface area contributed by atoms with E-state index in [1.165, 1.54) is 0 Å². The lowest BCUT2D eigenvalue weighted by Crippen LogP contribution is -2.10. The van der Waals surface area contributed by atoms with Gasteiger partial charge in [-0.05, 0) is 18.8 Å². The normalized spacial score (nSPS) is 10.5. The standard InChI is InChI=1S/C12H17N3O4/c1-8(2)4-3-5-13-11-10(12(16)17)6-9(7-14-11)15(18)19/h6-8H,3-5H2,1-2H3,(H,13,14)(H,16,17). The first kappa shape index (κ1) is 14.9. The molecule has 1 aromatic rings. The van der Waals surface area contributed by atoms with E-state index in [1.807, 2.05) is 0 Å². The Morgan fingerprint density at radius 2 is 2.26 bits per heavy atom. The molecule has 0 radical (unpaired) electrons. The molecule has 7 heteroatoms. The lowest BCUT2D eigenvalue weighted by molar-refractivity contribution is -0.385. The highest BCUT2D eigenvalue weighted by molar-refractivity contribution is 5.93. The number of carboxylic acids is 1. The number of nitrogens with zero attached hydrogens (tertiary/aromatic N) is 2. The van der Waals surface area contributed by atoms with Crippen LogP contribution in [-0.2, 0) is 0 Å². The van der Waals surface area contributed by atoms with E-state index in [-0.39, 0.29) is 17.1 Å². The van der Waals surface area contributed by atoms with E-state index >= 15 is 0 Å². The molecule has 1 aromatic heterocycles. The summed E-state index contributed by atoms with van der Waals surface area (Å²) in [5, 5.41) is 22.5. The summed E-state index contributed by atoms with van der Waals surface area (Å²) in [4.78, 5) is 24.7. The second-order valence-corrected chi connectivity index (χ2v) is 4.61. The number of hydrogen-bond donors (Lipinski definition) is 2. The number of nitro groups is 1. The molecular formula is C12H17N3O4. The maximum absolute atomic E-state index is 11.0. The number of carbonyl (C=O) groups is 1. The molecule has 1 heterocycles. The SMILES string of the molecule is CC(C)CCCNc1ncc([N+](=O)[O-])cc1C(=O)O. The Kier molecular flexibility index (Phi) is 5.23. The van der Waals surface area contributed by atoms with Crippen LogP contribution in [0.3, 0.4) is 0 Å². The number of rotatable bonds is 7. The van der Waals surface area contributed by atoms with Gasteiger partial charge in [-0.2, -0.15) is 0 Å². The first-order valence-electron chi connectivity index (χ1n) is 6.03. The minimum absolute atomic E-state index is 0.168. The van der Waals surface area contributed by atoms with Gasteiger partial charge in [0.15, 0.2) is 0 Å². The monoisotopic (exact) mass is 267 g/mol. The number of aromatic nitrogens is 1. The third-order valence-electron chi connectivity index (χ3n) is 2.57. The number of pyridine rings is 1. The molecule has 0 aromatic carbocycles. The minimum atomic E-state index is -1.23. The van der Waals surface area contributed by atoms with Crippen LogP contribution in [0.5, 0.6) is 0 Å². The van der Waals surface area contributed by atoms with Crippen LogP contribution in [0, 0.1) is 16.0 Å². The molecule has 7 nitrogen and oxygen atoms in total. The van der Waals surface area contributed by atoms with Crippen LogP contribution in [0.4, 0.5) is 11.5 Å². The molecule has 0 amide bonds. The molecule has 0 aliphatic rings. The fraction of sp³-hybridized carbons (Fsp3) is 0.500. The summed E-state index contributed by atoms with van der Waals surface area (Å²) in [6.07, 6.45) is 2.95. The third kappa shape index (κ3) is 4.53. The Hall–Kier alpha value is -2.18. The predicted octanol–water partition coefficient (Wildman–Crippen LogP) is 2.54. The molecule has 0 aliphatic carbocycles. The van der Waals surface area contributed by atoms with Gasteiger partial charge in [-0.15, -0.1) is 0 Å². The summed E-state index contributed by atoms with van der Waals surface area (Å²) in [7, 11) is 0. The molecule has 0 saturated heterocycles. The average Bonchev–Trinajstić information content (AvgIpc) is 2.34. The highest BCUT2D eigenvalue weighted by Gasteiger charge is 2.17. The molecule has 0 spiro atoms. The van der Waals surface area contributed by atoms with Crippen molar-refractivity contribution in [3.05, 3.63) is 27.9 Å². The van der Waals surface area contributed by atoms with Gasteiger partial charge >= 0.3 is 5.97 Å². The van der Waals surface area contributed by atoms with Crippen molar-refractivity contribution in [2.24, 2.45) is 5.92 Å². The molecule has 0 bridgehead atoms. The van der Waals surface area contributed by atoms with Gasteiger partial charge < -0.3 is 10.4 Å². The molecular weight excluding hydrogens is 250 g/mol. The Morgan fingerprint density at radius 3 is 2.79 bits per heavy atom. The van der Waals surface area contributed by atoms with E-state index in [0.717, 1.165) is 25.1 Å². The molecule has 19 heavy (non-hydrogen) atoms. The highest BCUT2D eigenvalue weighted by Crippen LogP contribution is 2.19. The third-order valence-corrected chi connectivity index (χ3v) is 2.57. The first-order valence-corrected chi connectivity index (χ1v) is 6.03. The molecule has 0 aliphatic heterocycles. The van der Waals surface area contributed by atoms with Crippen molar-refractivity contribution in [2.75, 3.05) is 11.9 Å². The highest BCUT2D eigenvalue weighted by atomic mass is 16.6. The van der Waals surface area contributed by atoms with E-state index in [4.69, 9.17) is 5.11 Å². The van der Waals surface area contributed by atoms with Gasteiger partial charge in [-0.3, -0.25) is 10.1 Å². The van der Waals surface area contributed by atoms with Crippen LogP contribution in [0.2, 0.25) is 0 Å². The van der Waals surface area contributed by atoms with E-state index in [2.05, 4.69) is 24.1 Å². The van der Waals surface area contributed by atoms with Gasteiger partial charge in [0.1, 0.15) is 17.6 Å². The summed E-state index contributed by atoms with van der Waals surface area (Å²) in [5.41, 5.74) is -0.510. The van der Waals surface area contributed by atoms with Crippen molar-refractivity contribution in [3.63, 3.8) is 0 Å². The lowest BCUT2D eigenvalue weighted by atomic mass is 10.1. The quantitative estimate of drug-likeness (QED) is 0.446. The second kappa shape index (κ2) is 6.67. The summed E-state index contributed by atoms with van der Waals surface area (Å²) in [6.45, 7) is 4.79. The maximum Gasteiger partial charge on any atom is 0.339 e.